The van der Waals surface area contributed by atoms with Crippen molar-refractivity contribution in [1.29, 1.82) is 0 Å². The maximum absolute atomic E-state index is 11.6. The molecule has 11 nitrogen and oxygen atoms in total. The first-order valence-corrected chi connectivity index (χ1v) is 11.8. The standard InChI is InChI=1S/C10H10N2O3.C8H10AsNO5/c1-10(2)7-4-3-6(12(14)15)5-8(7)11-9(10)13;1-6(11)10-8-4-2-3-7(5-8)9(12,13)15-14/h3-5H,1-2H3,(H,11,13);2-5,14H,1H3,(H,10,11)(H,12,13). The molecule has 2 aromatic rings. The van der Waals surface area contributed by atoms with Gasteiger partial charge in [0.15, 0.2) is 0 Å². The van der Waals surface area contributed by atoms with Crippen LogP contribution < -0.4 is 15.0 Å². The first kappa shape index (κ1) is 23.3. The third-order valence-corrected chi connectivity index (χ3v) is 6.72. The van der Waals surface area contributed by atoms with Crippen LogP contribution in [0.25, 0.3) is 0 Å². The van der Waals surface area contributed by atoms with Gasteiger partial charge in [-0.15, -0.1) is 0 Å². The Morgan fingerprint density at radius 3 is 2.50 bits per heavy atom. The van der Waals surface area contributed by atoms with Gasteiger partial charge in [-0.05, 0) is 25.5 Å². The second-order valence-corrected chi connectivity index (χ2v) is 10.5. The molecule has 3 rings (SSSR count). The SMILES string of the molecule is CC(=O)Nc1cccc([As](=O)(O)OO)c1.CC1(C)C(=O)Nc2cc([N+](=O)[O-])ccc21. The number of nitro benzene ring substituents is 1. The Kier molecular flexibility index (Phi) is 6.83. The van der Waals surface area contributed by atoms with Gasteiger partial charge in [-0.3, -0.25) is 14.9 Å². The molecule has 0 saturated heterocycles. The number of anilines is 2. The van der Waals surface area contributed by atoms with Crippen LogP contribution in [0.3, 0.4) is 0 Å². The second kappa shape index (κ2) is 8.80. The number of nitro groups is 1. The van der Waals surface area contributed by atoms with Crippen molar-refractivity contribution in [3.05, 3.63) is 58.1 Å². The van der Waals surface area contributed by atoms with Crippen LogP contribution in [0.5, 0.6) is 0 Å². The van der Waals surface area contributed by atoms with E-state index >= 15 is 0 Å². The Balaban J connectivity index is 0.000000214. The van der Waals surface area contributed by atoms with E-state index in [4.69, 9.17) is 5.26 Å². The molecule has 0 aliphatic carbocycles. The Labute approximate surface area is 174 Å². The van der Waals surface area contributed by atoms with Crippen LogP contribution in [-0.2, 0) is 22.6 Å². The van der Waals surface area contributed by atoms with E-state index in [0.717, 1.165) is 5.56 Å². The Bertz CT molecular complexity index is 1050. The minimum Gasteiger partial charge on any atom is -0.325 e. The molecule has 0 radical (unpaired) electrons. The molecular weight excluding hydrogens is 461 g/mol. The quantitative estimate of drug-likeness (QED) is 0.221. The first-order chi connectivity index (χ1) is 13.9. The molecule has 2 amide bonds. The fourth-order valence-corrected chi connectivity index (χ4v) is 4.11. The average Bonchev–Trinajstić information content (AvgIpc) is 2.90. The summed E-state index contributed by atoms with van der Waals surface area (Å²) in [5.74, 6) is -0.421. The summed E-state index contributed by atoms with van der Waals surface area (Å²) in [4.78, 5) is 32.3. The fourth-order valence-electron chi connectivity index (χ4n) is 2.70. The largest absolute Gasteiger partial charge is 0.325 e. The molecule has 1 unspecified atom stereocenters. The summed E-state index contributed by atoms with van der Waals surface area (Å²) in [6, 6.07) is 10.1. The minimum atomic E-state index is -4.83. The van der Waals surface area contributed by atoms with E-state index in [0.29, 0.717) is 11.4 Å². The van der Waals surface area contributed by atoms with Crippen molar-refractivity contribution in [2.45, 2.75) is 26.2 Å². The van der Waals surface area contributed by atoms with Crippen LogP contribution in [-0.4, -0.2) is 40.3 Å². The first-order valence-electron chi connectivity index (χ1n) is 8.53. The molecule has 4 N–H and O–H groups in total. The molecule has 0 fully saturated rings. The zero-order valence-electron chi connectivity index (χ0n) is 16.3. The van der Waals surface area contributed by atoms with E-state index < -0.39 is 24.5 Å². The van der Waals surface area contributed by atoms with Crippen molar-refractivity contribution in [3.8, 4) is 0 Å². The summed E-state index contributed by atoms with van der Waals surface area (Å²) in [6.07, 6.45) is 0. The zero-order valence-corrected chi connectivity index (χ0v) is 18.2. The second-order valence-electron chi connectivity index (χ2n) is 6.90. The van der Waals surface area contributed by atoms with Crippen LogP contribution in [0.2, 0.25) is 0 Å². The summed E-state index contributed by atoms with van der Waals surface area (Å²) in [5.41, 5.74) is 1.10. The molecule has 30 heavy (non-hydrogen) atoms. The number of non-ortho nitro benzene ring substituents is 1. The summed E-state index contributed by atoms with van der Waals surface area (Å²) < 4.78 is 23.9. The molecule has 2 aromatic carbocycles. The van der Waals surface area contributed by atoms with E-state index in [9.17, 15) is 27.5 Å². The van der Waals surface area contributed by atoms with E-state index in [1.54, 1.807) is 26.0 Å². The monoisotopic (exact) mass is 481 g/mol. The van der Waals surface area contributed by atoms with Crippen LogP contribution in [0.4, 0.5) is 17.1 Å². The van der Waals surface area contributed by atoms with Gasteiger partial charge in [0.2, 0.25) is 5.91 Å². The number of nitrogens with zero attached hydrogens (tertiary/aromatic N) is 1. The zero-order chi connectivity index (χ0) is 22.7. The normalized spacial score (nSPS) is 15.7. The van der Waals surface area contributed by atoms with Gasteiger partial charge in [0, 0.05) is 12.1 Å². The number of hydrogen-bond acceptors (Lipinski definition) is 7. The third kappa shape index (κ3) is 5.13. The number of carbonyl (C=O) groups is 2. The molecule has 160 valence electrons. The van der Waals surface area contributed by atoms with Gasteiger partial charge in [-0.25, -0.2) is 0 Å². The number of hydrogen-bond donors (Lipinski definition) is 4. The number of rotatable bonds is 4. The predicted octanol–water partition coefficient (Wildman–Crippen LogP) is 1.53. The summed E-state index contributed by atoms with van der Waals surface area (Å²) in [7, 11) is 0. The van der Waals surface area contributed by atoms with Crippen molar-refractivity contribution >= 4 is 47.4 Å². The van der Waals surface area contributed by atoms with Gasteiger partial charge in [-0.1, -0.05) is 0 Å². The van der Waals surface area contributed by atoms with Crippen molar-refractivity contribution in [2.24, 2.45) is 0 Å². The number of amides is 2. The van der Waals surface area contributed by atoms with Crippen LogP contribution in [0.15, 0.2) is 42.5 Å². The molecular formula is C18H20AsN3O8. The van der Waals surface area contributed by atoms with Crippen molar-refractivity contribution in [2.75, 3.05) is 10.6 Å². The van der Waals surface area contributed by atoms with Crippen molar-refractivity contribution in [1.82, 2.24) is 0 Å². The van der Waals surface area contributed by atoms with Crippen LogP contribution >= 0.6 is 0 Å². The molecule has 0 saturated carbocycles. The number of benzene rings is 2. The molecule has 0 spiro atoms. The maximum Gasteiger partial charge on any atom is 0.271 e. The Hall–Kier alpha value is -2.98. The van der Waals surface area contributed by atoms with Gasteiger partial charge in [0.1, 0.15) is 0 Å². The smallest absolute Gasteiger partial charge is 0.271 e. The van der Waals surface area contributed by atoms with E-state index in [1.165, 1.54) is 37.3 Å². The van der Waals surface area contributed by atoms with Gasteiger partial charge in [0.25, 0.3) is 5.69 Å². The number of nitrogens with one attached hydrogen (secondary N) is 2. The van der Waals surface area contributed by atoms with E-state index in [2.05, 4.69) is 14.5 Å². The van der Waals surface area contributed by atoms with Crippen molar-refractivity contribution in [3.63, 3.8) is 0 Å². The summed E-state index contributed by atoms with van der Waals surface area (Å²) in [5, 5.41) is 23.9. The molecule has 1 atom stereocenters. The minimum absolute atomic E-state index is 0.00764. The Morgan fingerprint density at radius 2 is 1.93 bits per heavy atom. The maximum atomic E-state index is 11.6. The molecule has 0 aromatic heterocycles. The van der Waals surface area contributed by atoms with Crippen LogP contribution in [0, 0.1) is 10.1 Å². The van der Waals surface area contributed by atoms with Gasteiger partial charge in [0.05, 0.1) is 16.0 Å². The predicted molar refractivity (Wildman–Crippen MR) is 108 cm³/mol. The van der Waals surface area contributed by atoms with Crippen LogP contribution in [0.1, 0.15) is 26.3 Å². The topological polar surface area (TPSA) is 168 Å². The molecule has 1 aliphatic heterocycles. The van der Waals surface area contributed by atoms with E-state index in [1.807, 2.05) is 0 Å². The van der Waals surface area contributed by atoms with Crippen molar-refractivity contribution < 1.29 is 31.5 Å². The summed E-state index contributed by atoms with van der Waals surface area (Å²) >= 11 is -4.83. The third-order valence-electron chi connectivity index (χ3n) is 4.31. The fraction of sp³-hybridized carbons (Fsp3) is 0.222. The average molecular weight is 481 g/mol. The molecule has 0 bridgehead atoms. The summed E-state index contributed by atoms with van der Waals surface area (Å²) in [6.45, 7) is 4.90. The van der Waals surface area contributed by atoms with E-state index in [-0.39, 0.29) is 21.9 Å². The number of fused-ring (bicyclic) bond motifs is 1. The molecule has 1 aliphatic rings. The molecule has 1 heterocycles. The van der Waals surface area contributed by atoms with Gasteiger partial charge >= 0.3 is 88.4 Å². The molecule has 12 heteroatoms. The number of carbonyl (C=O) groups excluding carboxylic acids is 2. The Morgan fingerprint density at radius 1 is 1.27 bits per heavy atom. The van der Waals surface area contributed by atoms with Gasteiger partial charge < -0.3 is 5.32 Å². The van der Waals surface area contributed by atoms with Gasteiger partial charge in [-0.2, -0.15) is 0 Å².